The summed E-state index contributed by atoms with van der Waals surface area (Å²) in [7, 11) is -3.59. The van der Waals surface area contributed by atoms with E-state index in [1.165, 1.54) is 24.3 Å². The summed E-state index contributed by atoms with van der Waals surface area (Å²) in [5, 5.41) is 3.23. The molecule has 1 aromatic rings. The Balaban J connectivity index is 2.34. The summed E-state index contributed by atoms with van der Waals surface area (Å²) in [5.41, 5.74) is 0. The van der Waals surface area contributed by atoms with Gasteiger partial charge in [-0.15, -0.1) is 0 Å². The number of benzene rings is 1. The van der Waals surface area contributed by atoms with Crippen LogP contribution in [0.1, 0.15) is 32.6 Å². The Kier molecular flexibility index (Phi) is 7.71. The fourth-order valence-electron chi connectivity index (χ4n) is 1.69. The molecule has 0 aliphatic carbocycles. The molecule has 0 saturated carbocycles. The predicted octanol–water partition coefficient (Wildman–Crippen LogP) is 2.31. The quantitative estimate of drug-likeness (QED) is 0.681. The van der Waals surface area contributed by atoms with E-state index in [1.54, 1.807) is 0 Å². The van der Waals surface area contributed by atoms with E-state index in [2.05, 4.69) is 17.0 Å². The standard InChI is InChI=1S/C14H21ClN2O3S/c1-2-3-4-10-16-14(18)9-11-17-21(19,20)13-7-5-12(15)6-8-13/h5-8,17H,2-4,9-11H2,1H3,(H,16,18). The van der Waals surface area contributed by atoms with Gasteiger partial charge in [0, 0.05) is 24.5 Å². The third kappa shape index (κ3) is 6.93. The van der Waals surface area contributed by atoms with Gasteiger partial charge in [-0.25, -0.2) is 13.1 Å². The van der Waals surface area contributed by atoms with E-state index in [9.17, 15) is 13.2 Å². The summed E-state index contributed by atoms with van der Waals surface area (Å²) in [4.78, 5) is 11.6. The first-order valence-electron chi connectivity index (χ1n) is 6.97. The lowest BCUT2D eigenvalue weighted by Crippen LogP contribution is -2.31. The fourth-order valence-corrected chi connectivity index (χ4v) is 2.85. The summed E-state index contributed by atoms with van der Waals surface area (Å²) in [5.74, 6) is -0.148. The molecule has 0 aromatic heterocycles. The van der Waals surface area contributed by atoms with Gasteiger partial charge in [0.25, 0.3) is 0 Å². The minimum absolute atomic E-state index is 0.0740. The summed E-state index contributed by atoms with van der Waals surface area (Å²) in [6.07, 6.45) is 3.23. The number of halogens is 1. The molecule has 0 bridgehead atoms. The van der Waals surface area contributed by atoms with Gasteiger partial charge in [-0.1, -0.05) is 31.4 Å². The van der Waals surface area contributed by atoms with Gasteiger partial charge in [0.2, 0.25) is 15.9 Å². The number of hydrogen-bond donors (Lipinski definition) is 2. The van der Waals surface area contributed by atoms with Crippen molar-refractivity contribution in [2.24, 2.45) is 0 Å². The maximum absolute atomic E-state index is 11.9. The molecule has 0 aliphatic heterocycles. The summed E-state index contributed by atoms with van der Waals surface area (Å²) < 4.78 is 26.3. The van der Waals surface area contributed by atoms with E-state index in [0.29, 0.717) is 11.6 Å². The zero-order chi connectivity index (χ0) is 15.7. The highest BCUT2D eigenvalue weighted by atomic mass is 35.5. The Labute approximate surface area is 131 Å². The molecule has 0 fully saturated rings. The lowest BCUT2D eigenvalue weighted by Gasteiger charge is -2.07. The van der Waals surface area contributed by atoms with E-state index < -0.39 is 10.0 Å². The van der Waals surface area contributed by atoms with E-state index in [0.717, 1.165) is 19.3 Å². The van der Waals surface area contributed by atoms with Crippen LogP contribution < -0.4 is 10.0 Å². The highest BCUT2D eigenvalue weighted by Gasteiger charge is 2.13. The second-order valence-electron chi connectivity index (χ2n) is 4.66. The summed E-state index contributed by atoms with van der Waals surface area (Å²) >= 11 is 5.71. The molecule has 5 nitrogen and oxygen atoms in total. The van der Waals surface area contributed by atoms with Crippen LogP contribution in [0.5, 0.6) is 0 Å². The van der Waals surface area contributed by atoms with Crippen molar-refractivity contribution < 1.29 is 13.2 Å². The van der Waals surface area contributed by atoms with E-state index in [1.807, 2.05) is 0 Å². The van der Waals surface area contributed by atoms with Gasteiger partial charge in [-0.05, 0) is 30.7 Å². The normalized spacial score (nSPS) is 11.3. The van der Waals surface area contributed by atoms with Gasteiger partial charge >= 0.3 is 0 Å². The van der Waals surface area contributed by atoms with Gasteiger partial charge in [0.05, 0.1) is 4.90 Å². The molecule has 0 atom stereocenters. The average molecular weight is 333 g/mol. The third-order valence-corrected chi connectivity index (χ3v) is 4.60. The molecule has 0 saturated heterocycles. The first-order chi connectivity index (χ1) is 9.95. The summed E-state index contributed by atoms with van der Waals surface area (Å²) in [6, 6.07) is 5.87. The van der Waals surface area contributed by atoms with Crippen molar-refractivity contribution in [1.29, 1.82) is 0 Å². The fraction of sp³-hybridized carbons (Fsp3) is 0.500. The maximum Gasteiger partial charge on any atom is 0.240 e. The lowest BCUT2D eigenvalue weighted by atomic mass is 10.2. The molecule has 2 N–H and O–H groups in total. The monoisotopic (exact) mass is 332 g/mol. The molecule has 7 heteroatoms. The van der Waals surface area contributed by atoms with Gasteiger partial charge in [-0.2, -0.15) is 0 Å². The van der Waals surface area contributed by atoms with Gasteiger partial charge in [0.1, 0.15) is 0 Å². The number of nitrogens with one attached hydrogen (secondary N) is 2. The van der Waals surface area contributed by atoms with Crippen molar-refractivity contribution in [3.05, 3.63) is 29.3 Å². The SMILES string of the molecule is CCCCCNC(=O)CCNS(=O)(=O)c1ccc(Cl)cc1. The Morgan fingerprint density at radius 3 is 2.43 bits per heavy atom. The highest BCUT2D eigenvalue weighted by Crippen LogP contribution is 2.13. The van der Waals surface area contributed by atoms with Crippen molar-refractivity contribution in [1.82, 2.24) is 10.0 Å². The molecule has 1 amide bonds. The Morgan fingerprint density at radius 1 is 1.14 bits per heavy atom. The number of carbonyl (C=O) groups is 1. The van der Waals surface area contributed by atoms with Gasteiger partial charge in [-0.3, -0.25) is 4.79 Å². The number of rotatable bonds is 9. The van der Waals surface area contributed by atoms with Crippen molar-refractivity contribution in [2.75, 3.05) is 13.1 Å². The van der Waals surface area contributed by atoms with Crippen LogP contribution >= 0.6 is 11.6 Å². The lowest BCUT2D eigenvalue weighted by molar-refractivity contribution is -0.120. The highest BCUT2D eigenvalue weighted by molar-refractivity contribution is 7.89. The van der Waals surface area contributed by atoms with Crippen molar-refractivity contribution >= 4 is 27.5 Å². The van der Waals surface area contributed by atoms with Crippen LogP contribution in [-0.2, 0) is 14.8 Å². The first-order valence-corrected chi connectivity index (χ1v) is 8.83. The zero-order valence-electron chi connectivity index (χ0n) is 12.1. The van der Waals surface area contributed by atoms with Crippen LogP contribution in [0.25, 0.3) is 0 Å². The number of amides is 1. The van der Waals surface area contributed by atoms with Crippen molar-refractivity contribution in [3.63, 3.8) is 0 Å². The second-order valence-corrected chi connectivity index (χ2v) is 6.86. The molecule has 118 valence electrons. The van der Waals surface area contributed by atoms with Crippen LogP contribution in [0.2, 0.25) is 5.02 Å². The number of sulfonamides is 1. The van der Waals surface area contributed by atoms with E-state index in [-0.39, 0.29) is 23.8 Å². The average Bonchev–Trinajstić information content (AvgIpc) is 2.44. The molecule has 21 heavy (non-hydrogen) atoms. The van der Waals surface area contributed by atoms with Crippen LogP contribution in [0.4, 0.5) is 0 Å². The van der Waals surface area contributed by atoms with Crippen LogP contribution in [0, 0.1) is 0 Å². The van der Waals surface area contributed by atoms with Crippen molar-refractivity contribution in [2.45, 2.75) is 37.5 Å². The molecule has 0 aliphatic rings. The third-order valence-electron chi connectivity index (χ3n) is 2.87. The minimum Gasteiger partial charge on any atom is -0.356 e. The molecule has 0 radical (unpaired) electrons. The molecule has 1 rings (SSSR count). The Hall–Kier alpha value is -1.11. The largest absolute Gasteiger partial charge is 0.356 e. The molecular weight excluding hydrogens is 312 g/mol. The van der Waals surface area contributed by atoms with Gasteiger partial charge < -0.3 is 5.32 Å². The van der Waals surface area contributed by atoms with E-state index >= 15 is 0 Å². The van der Waals surface area contributed by atoms with E-state index in [4.69, 9.17) is 11.6 Å². The molecule has 1 aromatic carbocycles. The number of unbranched alkanes of at least 4 members (excludes halogenated alkanes) is 2. The zero-order valence-corrected chi connectivity index (χ0v) is 13.6. The van der Waals surface area contributed by atoms with Crippen molar-refractivity contribution in [3.8, 4) is 0 Å². The maximum atomic E-state index is 11.9. The van der Waals surface area contributed by atoms with Gasteiger partial charge in [0.15, 0.2) is 0 Å². The number of hydrogen-bond acceptors (Lipinski definition) is 3. The van der Waals surface area contributed by atoms with Crippen LogP contribution in [-0.4, -0.2) is 27.4 Å². The predicted molar refractivity (Wildman–Crippen MR) is 83.8 cm³/mol. The molecule has 0 heterocycles. The molecule has 0 spiro atoms. The summed E-state index contributed by atoms with van der Waals surface area (Å²) in [6.45, 7) is 2.80. The first kappa shape index (κ1) is 17.9. The Morgan fingerprint density at radius 2 is 1.81 bits per heavy atom. The Bertz CT molecular complexity index is 544. The molecule has 0 unspecified atom stereocenters. The molecular formula is C14H21ClN2O3S. The van der Waals surface area contributed by atoms with Crippen LogP contribution in [0.15, 0.2) is 29.2 Å². The second kappa shape index (κ2) is 9.02. The number of carbonyl (C=O) groups excluding carboxylic acids is 1. The topological polar surface area (TPSA) is 75.3 Å². The minimum atomic E-state index is -3.59. The smallest absolute Gasteiger partial charge is 0.240 e. The van der Waals surface area contributed by atoms with Crippen LogP contribution in [0.3, 0.4) is 0 Å².